The van der Waals surface area contributed by atoms with Crippen molar-refractivity contribution >= 4 is 56.5 Å². The lowest BCUT2D eigenvalue weighted by Gasteiger charge is -2.12. The lowest BCUT2D eigenvalue weighted by molar-refractivity contribution is 0.320. The molecule has 0 aliphatic carbocycles. The number of H-pyrrole nitrogens is 1. The molecule has 24 heavy (non-hydrogen) atoms. The summed E-state index contributed by atoms with van der Waals surface area (Å²) in [5.74, 6) is 0.188. The molecule has 0 spiro atoms. The van der Waals surface area contributed by atoms with Gasteiger partial charge in [-0.1, -0.05) is 16.7 Å². The number of nitrogens with zero attached hydrogens (tertiary/aromatic N) is 3. The van der Waals surface area contributed by atoms with Gasteiger partial charge >= 0.3 is 6.08 Å². The summed E-state index contributed by atoms with van der Waals surface area (Å²) in [6.07, 6.45) is 1.22. The van der Waals surface area contributed by atoms with Gasteiger partial charge in [0.1, 0.15) is 0 Å². The van der Waals surface area contributed by atoms with E-state index in [4.69, 9.17) is 16.0 Å². The second kappa shape index (κ2) is 5.95. The van der Waals surface area contributed by atoms with Gasteiger partial charge in [0, 0.05) is 8.96 Å². The van der Waals surface area contributed by atoms with Crippen LogP contribution in [-0.4, -0.2) is 25.5 Å². The Balaban J connectivity index is 1.86. The maximum atomic E-state index is 9.34. The van der Waals surface area contributed by atoms with E-state index in [-0.39, 0.29) is 5.89 Å². The minimum Gasteiger partial charge on any atom is -0.465 e. The molecule has 3 N–H and O–H groups in total. The molecule has 2 aromatic heterocycles. The van der Waals surface area contributed by atoms with Crippen molar-refractivity contribution in [2.45, 2.75) is 0 Å². The number of aromatic nitrogens is 4. The van der Waals surface area contributed by atoms with E-state index in [2.05, 4.69) is 48.3 Å². The molecule has 4 aromatic rings. The first kappa shape index (κ1) is 15.2. The van der Waals surface area contributed by atoms with Crippen LogP contribution in [0, 0.1) is 3.57 Å². The molecule has 2 aromatic carbocycles. The van der Waals surface area contributed by atoms with Gasteiger partial charge < -0.3 is 14.8 Å². The van der Waals surface area contributed by atoms with E-state index >= 15 is 0 Å². The number of halogens is 2. The smallest absolute Gasteiger partial charge is 0.412 e. The van der Waals surface area contributed by atoms with Crippen LogP contribution in [0.25, 0.3) is 22.4 Å². The number of nitrogens with one attached hydrogen (secondary N) is 2. The predicted octanol–water partition coefficient (Wildman–Crippen LogP) is 4.32. The Labute approximate surface area is 154 Å². The van der Waals surface area contributed by atoms with Crippen LogP contribution in [0.1, 0.15) is 0 Å². The van der Waals surface area contributed by atoms with Crippen LogP contribution in [-0.2, 0) is 0 Å². The van der Waals surface area contributed by atoms with E-state index in [1.807, 2.05) is 30.3 Å². The van der Waals surface area contributed by atoms with Crippen molar-refractivity contribution in [1.29, 1.82) is 0 Å². The number of rotatable bonds is 3. The first-order valence-corrected chi connectivity index (χ1v) is 8.28. The largest absolute Gasteiger partial charge is 0.465 e. The van der Waals surface area contributed by atoms with E-state index in [0.29, 0.717) is 16.3 Å². The van der Waals surface area contributed by atoms with Gasteiger partial charge in [-0.05, 0) is 52.9 Å². The van der Waals surface area contributed by atoms with Gasteiger partial charge in [0.05, 0.1) is 33.7 Å². The maximum absolute atomic E-state index is 9.34. The minimum atomic E-state index is -0.493. The van der Waals surface area contributed by atoms with Crippen LogP contribution in [0.4, 0.5) is 11.4 Å². The van der Waals surface area contributed by atoms with Crippen molar-refractivity contribution in [1.82, 2.24) is 20.4 Å². The Morgan fingerprint density at radius 2 is 2.04 bits per heavy atom. The zero-order chi connectivity index (χ0) is 16.7. The molecular weight excluding hydrogens is 445 g/mol. The Kier molecular flexibility index (Phi) is 3.77. The number of fused-ring (bicyclic) bond motifs is 1. The fourth-order valence-corrected chi connectivity index (χ4v) is 3.24. The van der Waals surface area contributed by atoms with Gasteiger partial charge in [-0.25, -0.2) is 0 Å². The van der Waals surface area contributed by atoms with E-state index in [1.165, 1.54) is 0 Å². The summed E-state index contributed by atoms with van der Waals surface area (Å²) in [7, 11) is 0. The Bertz CT molecular complexity index is 1050. The molecule has 120 valence electrons. The summed E-state index contributed by atoms with van der Waals surface area (Å²) >= 11 is 8.50. The van der Waals surface area contributed by atoms with E-state index < -0.39 is 6.08 Å². The summed E-state index contributed by atoms with van der Waals surface area (Å²) < 4.78 is 6.19. The molecule has 0 saturated heterocycles. The molecule has 0 aliphatic heterocycles. The Morgan fingerprint density at radius 1 is 1.17 bits per heavy atom. The first-order chi connectivity index (χ1) is 11.6. The zero-order valence-electron chi connectivity index (χ0n) is 11.9. The molecule has 0 radical (unpaired) electrons. The number of hydrogen-bond donors (Lipinski definition) is 3. The summed E-state index contributed by atoms with van der Waals surface area (Å²) in [5, 5.41) is 28.4. The molecule has 0 amide bonds. The third-order valence-corrected chi connectivity index (χ3v) is 4.41. The number of anilines is 2. The van der Waals surface area contributed by atoms with Gasteiger partial charge in [0.2, 0.25) is 0 Å². The zero-order valence-corrected chi connectivity index (χ0v) is 14.8. The van der Waals surface area contributed by atoms with Crippen LogP contribution in [0.3, 0.4) is 0 Å². The Hall–Kier alpha value is -2.33. The van der Waals surface area contributed by atoms with Crippen molar-refractivity contribution in [2.24, 2.45) is 0 Å². The highest BCUT2D eigenvalue weighted by molar-refractivity contribution is 14.1. The molecule has 0 aliphatic rings. The average Bonchev–Trinajstić information content (AvgIpc) is 3.17. The van der Waals surface area contributed by atoms with Crippen LogP contribution in [0.15, 0.2) is 40.9 Å². The molecule has 0 atom stereocenters. The number of aromatic amines is 1. The summed E-state index contributed by atoms with van der Waals surface area (Å²) in [6, 6.07) is 9.41. The normalized spacial score (nSPS) is 11.1. The highest BCUT2D eigenvalue weighted by Crippen LogP contribution is 2.35. The van der Waals surface area contributed by atoms with Gasteiger partial charge in [0.15, 0.2) is 0 Å². The number of hydrogen-bond acceptors (Lipinski definition) is 6. The van der Waals surface area contributed by atoms with Crippen LogP contribution in [0.2, 0.25) is 5.02 Å². The second-order valence-corrected chi connectivity index (χ2v) is 6.65. The van der Waals surface area contributed by atoms with E-state index in [9.17, 15) is 5.11 Å². The van der Waals surface area contributed by atoms with Crippen molar-refractivity contribution in [3.05, 3.63) is 45.1 Å². The van der Waals surface area contributed by atoms with Gasteiger partial charge in [-0.15, -0.1) is 5.10 Å². The highest BCUT2D eigenvalue weighted by atomic mass is 127. The fraction of sp³-hybridized carbons (Fsp3) is 0. The maximum Gasteiger partial charge on any atom is 0.412 e. The molecule has 0 bridgehead atoms. The fourth-order valence-electron chi connectivity index (χ4n) is 2.33. The predicted molar refractivity (Wildman–Crippen MR) is 98.5 cm³/mol. The lowest BCUT2D eigenvalue weighted by atomic mass is 10.1. The molecule has 4 rings (SSSR count). The van der Waals surface area contributed by atoms with Gasteiger partial charge in [0.25, 0.3) is 5.89 Å². The van der Waals surface area contributed by atoms with E-state index in [0.717, 1.165) is 20.2 Å². The van der Waals surface area contributed by atoms with E-state index in [1.54, 1.807) is 6.20 Å². The molecular formula is C15H9ClIN5O2. The molecule has 7 nitrogen and oxygen atoms in total. The topological polar surface area (TPSA) is 99.9 Å². The SMILES string of the molecule is Oc1nnc(-c2cc3[nH]ncc3cc2Nc2ccc(I)cc2Cl)o1. The highest BCUT2D eigenvalue weighted by Gasteiger charge is 2.16. The van der Waals surface area contributed by atoms with Crippen molar-refractivity contribution in [3.8, 4) is 17.5 Å². The van der Waals surface area contributed by atoms with Crippen LogP contribution >= 0.6 is 34.2 Å². The average molecular weight is 454 g/mol. The molecule has 0 saturated carbocycles. The van der Waals surface area contributed by atoms with Crippen LogP contribution < -0.4 is 5.32 Å². The third kappa shape index (κ3) is 2.78. The third-order valence-electron chi connectivity index (χ3n) is 3.42. The Morgan fingerprint density at radius 3 is 2.79 bits per heavy atom. The van der Waals surface area contributed by atoms with Crippen molar-refractivity contribution < 1.29 is 9.52 Å². The lowest BCUT2D eigenvalue weighted by Crippen LogP contribution is -1.95. The monoisotopic (exact) mass is 453 g/mol. The summed E-state index contributed by atoms with van der Waals surface area (Å²) in [6.45, 7) is 0. The molecule has 0 unspecified atom stereocenters. The molecule has 9 heteroatoms. The number of aromatic hydroxyl groups is 1. The van der Waals surface area contributed by atoms with Crippen LogP contribution in [0.5, 0.6) is 6.08 Å². The van der Waals surface area contributed by atoms with Crippen molar-refractivity contribution in [3.63, 3.8) is 0 Å². The van der Waals surface area contributed by atoms with Crippen molar-refractivity contribution in [2.75, 3.05) is 5.32 Å². The second-order valence-electron chi connectivity index (χ2n) is 4.99. The first-order valence-electron chi connectivity index (χ1n) is 6.82. The van der Waals surface area contributed by atoms with Gasteiger partial charge in [-0.2, -0.15) is 5.10 Å². The molecule has 0 fully saturated rings. The standard InChI is InChI=1S/C15H9ClIN5O2/c16-10-4-8(17)1-2-11(10)19-13-3-7-6-18-20-12(7)5-9(13)14-21-22-15(23)24-14/h1-6,19H,(H,18,20)(H,22,23). The minimum absolute atomic E-state index is 0.188. The number of benzene rings is 2. The summed E-state index contributed by atoms with van der Waals surface area (Å²) in [4.78, 5) is 0. The van der Waals surface area contributed by atoms with Gasteiger partial charge in [-0.3, -0.25) is 5.10 Å². The molecule has 2 heterocycles. The summed E-state index contributed by atoms with van der Waals surface area (Å²) in [5.41, 5.74) is 2.87. The quantitative estimate of drug-likeness (QED) is 0.400.